The Bertz CT molecular complexity index is 494. The molecule has 0 aliphatic heterocycles. The molecule has 0 saturated carbocycles. The number of benzene rings is 1. The van der Waals surface area contributed by atoms with Crippen molar-refractivity contribution in [1.82, 2.24) is 0 Å². The number of methoxy groups -OCH3 is 1. The van der Waals surface area contributed by atoms with Crippen molar-refractivity contribution >= 4 is 26.7 Å². The van der Waals surface area contributed by atoms with E-state index in [1.807, 2.05) is 0 Å². The van der Waals surface area contributed by atoms with E-state index in [4.69, 9.17) is 21.4 Å². The lowest BCUT2D eigenvalue weighted by Crippen LogP contribution is -2.13. The van der Waals surface area contributed by atoms with Crippen molar-refractivity contribution in [3.05, 3.63) is 23.2 Å². The second kappa shape index (κ2) is 4.08. The molecule has 5 nitrogen and oxygen atoms in total. The number of carboxylic acid groups (broad SMARTS) is 1. The SMILES string of the molecule is COc1ccc(Cl)cc1S(=O)(=O)C(=O)O. The minimum atomic E-state index is -4.43. The fourth-order valence-electron chi connectivity index (χ4n) is 0.955. The first-order valence-electron chi connectivity index (χ1n) is 3.71. The molecule has 0 unspecified atom stereocenters. The zero-order valence-corrected chi connectivity index (χ0v) is 9.17. The summed E-state index contributed by atoms with van der Waals surface area (Å²) in [6, 6.07) is 3.73. The molecule has 0 amide bonds. The number of sulfone groups is 1. The maximum Gasteiger partial charge on any atom is 0.427 e. The smallest absolute Gasteiger partial charge is 0.427 e. The first-order valence-corrected chi connectivity index (χ1v) is 5.57. The third-order valence-electron chi connectivity index (χ3n) is 1.65. The van der Waals surface area contributed by atoms with Crippen molar-refractivity contribution in [1.29, 1.82) is 0 Å². The largest absolute Gasteiger partial charge is 0.495 e. The Labute approximate surface area is 91.2 Å². The monoisotopic (exact) mass is 250 g/mol. The zero-order valence-electron chi connectivity index (χ0n) is 7.60. The fraction of sp³-hybridized carbons (Fsp3) is 0.125. The number of ether oxygens (including phenoxy) is 1. The third kappa shape index (κ3) is 2.21. The molecule has 0 fully saturated rings. The zero-order chi connectivity index (χ0) is 11.6. The summed E-state index contributed by atoms with van der Waals surface area (Å²) >= 11 is 5.57. The van der Waals surface area contributed by atoms with Crippen LogP contribution in [0.4, 0.5) is 4.79 Å². The van der Waals surface area contributed by atoms with Crippen LogP contribution in [0.3, 0.4) is 0 Å². The second-order valence-corrected chi connectivity index (χ2v) is 4.80. The third-order valence-corrected chi connectivity index (χ3v) is 3.24. The quantitative estimate of drug-likeness (QED) is 0.866. The highest BCUT2D eigenvalue weighted by atomic mass is 35.5. The molecular formula is C8H7ClO5S. The van der Waals surface area contributed by atoms with Crippen LogP contribution in [0.1, 0.15) is 0 Å². The molecule has 1 aromatic rings. The number of hydrogen-bond acceptors (Lipinski definition) is 4. The minimum Gasteiger partial charge on any atom is -0.495 e. The van der Waals surface area contributed by atoms with Gasteiger partial charge in [-0.1, -0.05) is 11.6 Å². The molecule has 1 rings (SSSR count). The molecule has 0 saturated heterocycles. The average molecular weight is 251 g/mol. The van der Waals surface area contributed by atoms with Gasteiger partial charge in [-0.05, 0) is 18.2 Å². The van der Waals surface area contributed by atoms with Gasteiger partial charge in [0.2, 0.25) is 0 Å². The van der Waals surface area contributed by atoms with Crippen molar-refractivity contribution in [2.75, 3.05) is 7.11 Å². The predicted octanol–water partition coefficient (Wildman–Crippen LogP) is 1.80. The van der Waals surface area contributed by atoms with Crippen molar-refractivity contribution in [2.45, 2.75) is 4.90 Å². The van der Waals surface area contributed by atoms with Crippen molar-refractivity contribution < 1.29 is 23.1 Å². The highest BCUT2D eigenvalue weighted by Crippen LogP contribution is 2.28. The van der Waals surface area contributed by atoms with Gasteiger partial charge in [0.25, 0.3) is 9.84 Å². The van der Waals surface area contributed by atoms with Gasteiger partial charge in [-0.15, -0.1) is 0 Å². The van der Waals surface area contributed by atoms with Crippen molar-refractivity contribution in [3.8, 4) is 5.75 Å². The van der Waals surface area contributed by atoms with Gasteiger partial charge in [-0.2, -0.15) is 0 Å². The normalized spacial score (nSPS) is 11.1. The standard InChI is InChI=1S/C8H7ClO5S/c1-14-6-3-2-5(9)4-7(6)15(12,13)8(10)11/h2-4H,1H3,(H,10,11). The first kappa shape index (κ1) is 11.8. The summed E-state index contributed by atoms with van der Waals surface area (Å²) < 4.78 is 27.4. The van der Waals surface area contributed by atoms with E-state index in [0.29, 0.717) is 0 Å². The van der Waals surface area contributed by atoms with Gasteiger partial charge in [-0.25, -0.2) is 13.2 Å². The molecule has 0 bridgehead atoms. The highest BCUT2D eigenvalue weighted by Gasteiger charge is 2.27. The lowest BCUT2D eigenvalue weighted by molar-refractivity contribution is 0.219. The van der Waals surface area contributed by atoms with Gasteiger partial charge in [0.1, 0.15) is 10.6 Å². The average Bonchev–Trinajstić information content (AvgIpc) is 2.17. The molecule has 0 aliphatic rings. The molecule has 1 aromatic carbocycles. The molecule has 0 heterocycles. The summed E-state index contributed by atoms with van der Waals surface area (Å²) in [4.78, 5) is 10.1. The highest BCUT2D eigenvalue weighted by molar-refractivity contribution is 8.05. The summed E-state index contributed by atoms with van der Waals surface area (Å²) in [6.07, 6.45) is 0. The summed E-state index contributed by atoms with van der Waals surface area (Å²) in [5.41, 5.74) is 0. The van der Waals surface area contributed by atoms with Gasteiger partial charge in [0.05, 0.1) is 7.11 Å². The van der Waals surface area contributed by atoms with E-state index in [9.17, 15) is 13.2 Å². The van der Waals surface area contributed by atoms with Crippen LogP contribution in [0.15, 0.2) is 23.1 Å². The lowest BCUT2D eigenvalue weighted by Gasteiger charge is -2.06. The Morgan fingerprint density at radius 1 is 1.47 bits per heavy atom. The predicted molar refractivity (Wildman–Crippen MR) is 53.2 cm³/mol. The molecule has 0 atom stereocenters. The van der Waals surface area contributed by atoms with E-state index in [1.165, 1.54) is 19.2 Å². The van der Waals surface area contributed by atoms with Crippen LogP contribution in [0, 0.1) is 0 Å². The Morgan fingerprint density at radius 2 is 2.07 bits per heavy atom. The molecule has 0 radical (unpaired) electrons. The first-order chi connectivity index (χ1) is 6.89. The van der Waals surface area contributed by atoms with Crippen molar-refractivity contribution in [3.63, 3.8) is 0 Å². The van der Waals surface area contributed by atoms with Crippen LogP contribution in [-0.4, -0.2) is 25.9 Å². The molecule has 1 N–H and O–H groups in total. The maximum atomic E-state index is 11.3. The van der Waals surface area contributed by atoms with E-state index < -0.39 is 20.0 Å². The molecule has 82 valence electrons. The topological polar surface area (TPSA) is 80.7 Å². The molecule has 0 aromatic heterocycles. The van der Waals surface area contributed by atoms with E-state index in [-0.39, 0.29) is 10.8 Å². The second-order valence-electron chi connectivity index (χ2n) is 2.56. The number of rotatable bonds is 2. The summed E-state index contributed by atoms with van der Waals surface area (Å²) in [5, 5.41) is 6.70. The molecule has 0 spiro atoms. The van der Waals surface area contributed by atoms with Crippen molar-refractivity contribution in [2.24, 2.45) is 0 Å². The van der Waals surface area contributed by atoms with Gasteiger partial charge in [0, 0.05) is 5.02 Å². The van der Waals surface area contributed by atoms with Crippen LogP contribution in [0.5, 0.6) is 5.75 Å². The number of hydrogen-bond donors (Lipinski definition) is 1. The number of carbonyl (C=O) groups is 1. The minimum absolute atomic E-state index is 0.0539. The van der Waals surface area contributed by atoms with Crippen LogP contribution in [0.25, 0.3) is 0 Å². The summed E-state index contributed by atoms with van der Waals surface area (Å²) in [7, 11) is -3.19. The Morgan fingerprint density at radius 3 is 2.53 bits per heavy atom. The van der Waals surface area contributed by atoms with Crippen LogP contribution in [0.2, 0.25) is 5.02 Å². The fourth-order valence-corrected chi connectivity index (χ4v) is 2.08. The lowest BCUT2D eigenvalue weighted by atomic mass is 10.3. The Hall–Kier alpha value is -1.27. The Balaban J connectivity index is 3.49. The van der Waals surface area contributed by atoms with Gasteiger partial charge >= 0.3 is 5.30 Å². The molecule has 7 heteroatoms. The van der Waals surface area contributed by atoms with E-state index in [0.717, 1.165) is 6.07 Å². The molecule has 0 aliphatic carbocycles. The number of halogens is 1. The van der Waals surface area contributed by atoms with E-state index in [2.05, 4.69) is 0 Å². The van der Waals surface area contributed by atoms with Crippen LogP contribution < -0.4 is 4.74 Å². The van der Waals surface area contributed by atoms with Crippen LogP contribution in [-0.2, 0) is 9.84 Å². The Kier molecular flexibility index (Phi) is 3.21. The van der Waals surface area contributed by atoms with Gasteiger partial charge in [0.15, 0.2) is 0 Å². The van der Waals surface area contributed by atoms with Gasteiger partial charge < -0.3 is 9.84 Å². The molecule has 15 heavy (non-hydrogen) atoms. The summed E-state index contributed by atoms with van der Waals surface area (Å²) in [5.74, 6) is -0.0539. The van der Waals surface area contributed by atoms with Gasteiger partial charge in [-0.3, -0.25) is 0 Å². The molecular weight excluding hydrogens is 244 g/mol. The van der Waals surface area contributed by atoms with Crippen LogP contribution >= 0.6 is 11.6 Å². The van der Waals surface area contributed by atoms with E-state index >= 15 is 0 Å². The maximum absolute atomic E-state index is 11.3. The summed E-state index contributed by atoms with van der Waals surface area (Å²) in [6.45, 7) is 0. The van der Waals surface area contributed by atoms with E-state index in [1.54, 1.807) is 0 Å².